The molecule has 3 nitrogen and oxygen atoms in total. The van der Waals surface area contributed by atoms with E-state index in [1.54, 1.807) is 0 Å². The minimum Gasteiger partial charge on any atom is -0.481 e. The van der Waals surface area contributed by atoms with Gasteiger partial charge in [-0.25, -0.2) is 0 Å². The lowest BCUT2D eigenvalue weighted by Crippen LogP contribution is -2.16. The molecule has 1 aliphatic rings. The van der Waals surface area contributed by atoms with E-state index in [0.717, 1.165) is 35.0 Å². The fraction of sp³-hybridized carbons (Fsp3) is 0.294. The number of aliphatic carboxylic acids is 1. The molecule has 0 amide bonds. The zero-order valence-electron chi connectivity index (χ0n) is 11.6. The van der Waals surface area contributed by atoms with Crippen LogP contribution in [0.1, 0.15) is 34.9 Å². The molecular formula is C17H16BrNO2. The first kappa shape index (κ1) is 14.3. The van der Waals surface area contributed by atoms with Gasteiger partial charge in [-0.2, -0.15) is 0 Å². The molecule has 0 saturated heterocycles. The van der Waals surface area contributed by atoms with E-state index in [-0.39, 0.29) is 0 Å². The number of aromatic nitrogens is 1. The molecule has 0 radical (unpaired) electrons. The lowest BCUT2D eigenvalue weighted by molar-refractivity contribution is -0.138. The first-order valence-corrected chi connectivity index (χ1v) is 7.89. The van der Waals surface area contributed by atoms with Gasteiger partial charge >= 0.3 is 5.97 Å². The molecule has 108 valence electrons. The van der Waals surface area contributed by atoms with Crippen molar-refractivity contribution >= 4 is 21.9 Å². The average Bonchev–Trinajstić information content (AvgIpc) is 2.92. The van der Waals surface area contributed by atoms with Gasteiger partial charge in [0.2, 0.25) is 0 Å². The van der Waals surface area contributed by atoms with Crippen LogP contribution in [-0.4, -0.2) is 16.1 Å². The molecule has 0 bridgehead atoms. The predicted molar refractivity (Wildman–Crippen MR) is 84.5 cm³/mol. The van der Waals surface area contributed by atoms with Crippen molar-refractivity contribution in [1.29, 1.82) is 0 Å². The van der Waals surface area contributed by atoms with E-state index in [9.17, 15) is 9.90 Å². The minimum absolute atomic E-state index is 0.459. The van der Waals surface area contributed by atoms with Gasteiger partial charge in [-0.3, -0.25) is 9.78 Å². The number of carboxylic acid groups (broad SMARTS) is 1. The summed E-state index contributed by atoms with van der Waals surface area (Å²) in [6.45, 7) is 0. The minimum atomic E-state index is -0.819. The summed E-state index contributed by atoms with van der Waals surface area (Å²) in [5, 5.41) is 9.55. The highest BCUT2D eigenvalue weighted by atomic mass is 79.9. The highest BCUT2D eigenvalue weighted by Crippen LogP contribution is 2.26. The van der Waals surface area contributed by atoms with Gasteiger partial charge < -0.3 is 5.11 Å². The van der Waals surface area contributed by atoms with Crippen LogP contribution in [0.5, 0.6) is 0 Å². The number of hydrogen-bond acceptors (Lipinski definition) is 2. The van der Waals surface area contributed by atoms with Gasteiger partial charge in [0.1, 0.15) is 5.92 Å². The van der Waals surface area contributed by atoms with Crippen LogP contribution < -0.4 is 0 Å². The number of aryl methyl sites for hydroxylation is 2. The van der Waals surface area contributed by atoms with E-state index in [2.05, 4.69) is 20.9 Å². The van der Waals surface area contributed by atoms with Gasteiger partial charge in [0.15, 0.2) is 0 Å². The summed E-state index contributed by atoms with van der Waals surface area (Å²) in [5.41, 5.74) is 4.01. The van der Waals surface area contributed by atoms with Crippen molar-refractivity contribution in [2.24, 2.45) is 0 Å². The summed E-state index contributed by atoms with van der Waals surface area (Å²) in [6.07, 6.45) is 3.61. The van der Waals surface area contributed by atoms with Crippen LogP contribution in [0.15, 0.2) is 40.9 Å². The van der Waals surface area contributed by atoms with Crippen molar-refractivity contribution in [1.82, 2.24) is 4.98 Å². The molecular weight excluding hydrogens is 330 g/mol. The summed E-state index contributed by atoms with van der Waals surface area (Å²) in [6, 6.07) is 11.7. The molecule has 2 aromatic rings. The van der Waals surface area contributed by atoms with E-state index < -0.39 is 11.9 Å². The van der Waals surface area contributed by atoms with E-state index in [0.29, 0.717) is 12.1 Å². The monoisotopic (exact) mass is 345 g/mol. The van der Waals surface area contributed by atoms with Crippen LogP contribution >= 0.6 is 15.9 Å². The number of benzene rings is 1. The van der Waals surface area contributed by atoms with Crippen LogP contribution in [0.25, 0.3) is 0 Å². The van der Waals surface area contributed by atoms with Gasteiger partial charge in [-0.05, 0) is 55.0 Å². The molecule has 0 spiro atoms. The van der Waals surface area contributed by atoms with Crippen molar-refractivity contribution in [2.45, 2.75) is 31.6 Å². The van der Waals surface area contributed by atoms with Gasteiger partial charge in [0, 0.05) is 10.2 Å². The van der Waals surface area contributed by atoms with Gasteiger partial charge in [-0.15, -0.1) is 0 Å². The maximum absolute atomic E-state index is 11.6. The van der Waals surface area contributed by atoms with Crippen LogP contribution in [-0.2, 0) is 24.1 Å². The Morgan fingerprint density at radius 3 is 2.90 bits per heavy atom. The maximum Gasteiger partial charge on any atom is 0.312 e. The molecule has 21 heavy (non-hydrogen) atoms. The molecule has 1 atom stereocenters. The highest BCUT2D eigenvalue weighted by Gasteiger charge is 2.24. The molecule has 0 saturated carbocycles. The zero-order valence-corrected chi connectivity index (χ0v) is 13.1. The Balaban J connectivity index is 1.89. The molecule has 0 aliphatic heterocycles. The largest absolute Gasteiger partial charge is 0.481 e. The van der Waals surface area contributed by atoms with E-state index in [1.807, 2.05) is 36.4 Å². The summed E-state index contributed by atoms with van der Waals surface area (Å²) < 4.78 is 0.964. The van der Waals surface area contributed by atoms with Gasteiger partial charge in [-0.1, -0.05) is 34.1 Å². The summed E-state index contributed by atoms with van der Waals surface area (Å²) in [4.78, 5) is 16.2. The molecule has 1 heterocycles. The van der Waals surface area contributed by atoms with Gasteiger partial charge in [0.05, 0.1) is 5.69 Å². The highest BCUT2D eigenvalue weighted by molar-refractivity contribution is 9.10. The quantitative estimate of drug-likeness (QED) is 0.918. The van der Waals surface area contributed by atoms with Crippen LogP contribution in [0, 0.1) is 0 Å². The third-order valence-electron chi connectivity index (χ3n) is 3.93. The van der Waals surface area contributed by atoms with Crippen molar-refractivity contribution in [3.05, 3.63) is 63.4 Å². The lowest BCUT2D eigenvalue weighted by Gasteiger charge is -2.13. The number of halogens is 1. The Bertz CT molecular complexity index is 684. The first-order valence-electron chi connectivity index (χ1n) is 7.09. The number of nitrogens with zero attached hydrogens (tertiary/aromatic N) is 1. The van der Waals surface area contributed by atoms with E-state index in [1.165, 1.54) is 5.56 Å². The zero-order chi connectivity index (χ0) is 14.8. The molecule has 3 rings (SSSR count). The van der Waals surface area contributed by atoms with Crippen molar-refractivity contribution in [3.8, 4) is 0 Å². The number of hydrogen-bond donors (Lipinski definition) is 1. The maximum atomic E-state index is 11.6. The second-order valence-electron chi connectivity index (χ2n) is 5.42. The fourth-order valence-corrected chi connectivity index (χ4v) is 3.30. The average molecular weight is 346 g/mol. The Morgan fingerprint density at radius 2 is 2.14 bits per heavy atom. The van der Waals surface area contributed by atoms with E-state index in [4.69, 9.17) is 0 Å². The van der Waals surface area contributed by atoms with Crippen LogP contribution in [0.2, 0.25) is 0 Å². The Hall–Kier alpha value is -1.68. The normalized spacial score (nSPS) is 14.7. The second-order valence-corrected chi connectivity index (χ2v) is 6.34. The summed E-state index contributed by atoms with van der Waals surface area (Å²) in [7, 11) is 0. The number of carboxylic acids is 1. The number of rotatable bonds is 4. The lowest BCUT2D eigenvalue weighted by atomic mass is 9.95. The molecule has 1 aromatic heterocycles. The van der Waals surface area contributed by atoms with Crippen molar-refractivity contribution < 1.29 is 9.90 Å². The van der Waals surface area contributed by atoms with Crippen LogP contribution in [0.3, 0.4) is 0 Å². The number of pyridine rings is 1. The Kier molecular flexibility index (Phi) is 4.06. The van der Waals surface area contributed by atoms with E-state index >= 15 is 0 Å². The second kappa shape index (κ2) is 5.98. The van der Waals surface area contributed by atoms with Crippen molar-refractivity contribution in [2.75, 3.05) is 0 Å². The smallest absolute Gasteiger partial charge is 0.312 e. The molecule has 1 aromatic carbocycles. The number of carbonyl (C=O) groups is 1. The number of fused-ring (bicyclic) bond motifs is 1. The molecule has 1 N–H and O–H groups in total. The van der Waals surface area contributed by atoms with Crippen LogP contribution in [0.4, 0.5) is 0 Å². The Labute approximate surface area is 132 Å². The molecule has 0 fully saturated rings. The standard InChI is InChI=1S/C17H16BrNO2/c18-13-5-1-3-11(9-13)10-14(17(20)21)16-8-7-12-4-2-6-15(12)19-16/h1,3,5,7-9,14H,2,4,6,10H2,(H,20,21). The summed E-state index contributed by atoms with van der Waals surface area (Å²) >= 11 is 3.42. The third kappa shape index (κ3) is 3.16. The summed E-state index contributed by atoms with van der Waals surface area (Å²) in [5.74, 6) is -1.41. The molecule has 1 aliphatic carbocycles. The van der Waals surface area contributed by atoms with Crippen molar-refractivity contribution in [3.63, 3.8) is 0 Å². The fourth-order valence-electron chi connectivity index (χ4n) is 2.85. The predicted octanol–water partition coefficient (Wildman–Crippen LogP) is 3.74. The molecule has 1 unspecified atom stereocenters. The SMILES string of the molecule is O=C(O)C(Cc1cccc(Br)c1)c1ccc2c(n1)CCC2. The third-order valence-corrected chi connectivity index (χ3v) is 4.43. The topological polar surface area (TPSA) is 50.2 Å². The Morgan fingerprint density at radius 1 is 1.29 bits per heavy atom. The molecule has 4 heteroatoms. The van der Waals surface area contributed by atoms with Gasteiger partial charge in [0.25, 0.3) is 0 Å². The first-order chi connectivity index (χ1) is 10.1.